The van der Waals surface area contributed by atoms with Crippen LogP contribution < -0.4 is 0 Å². The second-order valence-corrected chi connectivity index (χ2v) is 10.7. The molecule has 2 aromatic rings. The van der Waals surface area contributed by atoms with E-state index in [1.54, 1.807) is 27.8 Å². The zero-order valence-corrected chi connectivity index (χ0v) is 21.5. The van der Waals surface area contributed by atoms with Crippen LogP contribution in [-0.4, -0.2) is 4.98 Å². The van der Waals surface area contributed by atoms with Crippen molar-refractivity contribution in [3.8, 4) is 0 Å². The standard InChI is InChI=1S/C34H39N/c1-24(2)30(28-18-17-26-19-20-35-34(26)23-28)13-6-4-5-11-25(3)21-29-22-27-12-7-8-14-31(27)33-16-10-9-15-32(29)33/h4-6,9,13,15,17-20,22,25,35H,1,7-8,10-12,14,16,21,23H2,2-3H3/b5-4-,13-6?,30-28-. The first kappa shape index (κ1) is 23.7. The summed E-state index contributed by atoms with van der Waals surface area (Å²) >= 11 is 0. The van der Waals surface area contributed by atoms with E-state index in [4.69, 9.17) is 0 Å². The fraction of sp³-hybridized carbons (Fsp3) is 0.353. The molecule has 1 heteroatoms. The van der Waals surface area contributed by atoms with Crippen LogP contribution in [0.3, 0.4) is 0 Å². The number of aryl methyl sites for hydroxylation is 1. The van der Waals surface area contributed by atoms with Gasteiger partial charge in [0.15, 0.2) is 0 Å². The molecule has 1 N–H and O–H groups in total. The van der Waals surface area contributed by atoms with E-state index in [1.807, 2.05) is 6.20 Å². The third kappa shape index (κ3) is 5.30. The van der Waals surface area contributed by atoms with Crippen molar-refractivity contribution in [2.45, 2.75) is 71.6 Å². The van der Waals surface area contributed by atoms with Crippen LogP contribution in [-0.2, 0) is 32.1 Å². The molecule has 5 rings (SSSR count). The topological polar surface area (TPSA) is 15.8 Å². The molecule has 1 aromatic carbocycles. The number of hydrogen-bond acceptors (Lipinski definition) is 0. The molecule has 0 amide bonds. The fourth-order valence-electron chi connectivity index (χ4n) is 6.04. The number of nitrogens with one attached hydrogen (secondary N) is 1. The summed E-state index contributed by atoms with van der Waals surface area (Å²) in [5.41, 5.74) is 14.4. The first-order valence-electron chi connectivity index (χ1n) is 13.5. The normalized spacial score (nSPS) is 19.0. The summed E-state index contributed by atoms with van der Waals surface area (Å²) < 4.78 is 0. The number of rotatable bonds is 7. The van der Waals surface area contributed by atoms with Gasteiger partial charge in [0.1, 0.15) is 0 Å². The van der Waals surface area contributed by atoms with Crippen LogP contribution >= 0.6 is 0 Å². The van der Waals surface area contributed by atoms with E-state index < -0.39 is 0 Å². The number of hydrogen-bond donors (Lipinski definition) is 1. The molecule has 1 aromatic heterocycles. The third-order valence-electron chi connectivity index (χ3n) is 7.86. The minimum atomic E-state index is 0.632. The Balaban J connectivity index is 1.24. The van der Waals surface area contributed by atoms with Crippen LogP contribution in [0, 0.1) is 5.92 Å². The first-order valence-corrected chi connectivity index (χ1v) is 13.5. The lowest BCUT2D eigenvalue weighted by atomic mass is 9.79. The Morgan fingerprint density at radius 2 is 1.97 bits per heavy atom. The third-order valence-corrected chi connectivity index (χ3v) is 7.86. The summed E-state index contributed by atoms with van der Waals surface area (Å²) in [6.07, 6.45) is 31.2. The molecule has 1 unspecified atom stereocenters. The Bertz CT molecular complexity index is 1250. The lowest BCUT2D eigenvalue weighted by Gasteiger charge is -2.26. The molecule has 3 aliphatic carbocycles. The monoisotopic (exact) mass is 461 g/mol. The van der Waals surface area contributed by atoms with Crippen LogP contribution in [0.15, 0.2) is 78.1 Å². The molecule has 1 heterocycles. The van der Waals surface area contributed by atoms with Crippen LogP contribution in [0.1, 0.15) is 78.6 Å². The number of allylic oxidation sites excluding steroid dienone is 9. The van der Waals surface area contributed by atoms with E-state index in [0.29, 0.717) is 5.92 Å². The van der Waals surface area contributed by atoms with Gasteiger partial charge in [0, 0.05) is 18.3 Å². The van der Waals surface area contributed by atoms with E-state index >= 15 is 0 Å². The predicted octanol–water partition coefficient (Wildman–Crippen LogP) is 8.68. The van der Waals surface area contributed by atoms with Gasteiger partial charge in [-0.25, -0.2) is 0 Å². The van der Waals surface area contributed by atoms with Crippen molar-refractivity contribution in [2.24, 2.45) is 5.92 Å². The highest BCUT2D eigenvalue weighted by Gasteiger charge is 2.21. The molecule has 35 heavy (non-hydrogen) atoms. The van der Waals surface area contributed by atoms with Crippen molar-refractivity contribution in [1.82, 2.24) is 4.98 Å². The Morgan fingerprint density at radius 3 is 2.86 bits per heavy atom. The second-order valence-electron chi connectivity index (χ2n) is 10.7. The van der Waals surface area contributed by atoms with E-state index in [9.17, 15) is 0 Å². The Morgan fingerprint density at radius 1 is 1.09 bits per heavy atom. The molecule has 0 saturated heterocycles. The van der Waals surface area contributed by atoms with Crippen LogP contribution in [0.4, 0.5) is 0 Å². The first-order chi connectivity index (χ1) is 17.1. The maximum absolute atomic E-state index is 4.23. The molecule has 0 saturated carbocycles. The molecule has 0 aliphatic heterocycles. The number of benzene rings is 1. The van der Waals surface area contributed by atoms with Gasteiger partial charge in [-0.3, -0.25) is 0 Å². The minimum absolute atomic E-state index is 0.632. The average Bonchev–Trinajstić information content (AvgIpc) is 3.34. The van der Waals surface area contributed by atoms with E-state index in [1.165, 1.54) is 67.3 Å². The highest BCUT2D eigenvalue weighted by molar-refractivity contribution is 5.65. The predicted molar refractivity (Wildman–Crippen MR) is 152 cm³/mol. The summed E-state index contributed by atoms with van der Waals surface area (Å²) in [5, 5.41) is 0. The smallest absolute Gasteiger partial charge is 0.0265 e. The quantitative estimate of drug-likeness (QED) is 0.397. The molecule has 1 atom stereocenters. The summed E-state index contributed by atoms with van der Waals surface area (Å²) in [4.78, 5) is 3.37. The molecule has 0 radical (unpaired) electrons. The van der Waals surface area contributed by atoms with Gasteiger partial charge < -0.3 is 4.98 Å². The molecular formula is C34H39N. The van der Waals surface area contributed by atoms with Crippen LogP contribution in [0.5, 0.6) is 0 Å². The van der Waals surface area contributed by atoms with E-state index in [0.717, 1.165) is 18.4 Å². The Labute approximate surface area is 211 Å². The molecular weight excluding hydrogens is 422 g/mol. The lowest BCUT2D eigenvalue weighted by Crippen LogP contribution is -2.13. The number of aromatic nitrogens is 1. The molecule has 1 nitrogen and oxygen atoms in total. The van der Waals surface area contributed by atoms with Gasteiger partial charge in [-0.2, -0.15) is 0 Å². The van der Waals surface area contributed by atoms with Gasteiger partial charge in [-0.1, -0.05) is 73.8 Å². The van der Waals surface area contributed by atoms with E-state index in [-0.39, 0.29) is 0 Å². The van der Waals surface area contributed by atoms with Gasteiger partial charge in [0.05, 0.1) is 0 Å². The van der Waals surface area contributed by atoms with Crippen molar-refractivity contribution in [1.29, 1.82) is 0 Å². The van der Waals surface area contributed by atoms with Gasteiger partial charge in [-0.05, 0) is 115 Å². The summed E-state index contributed by atoms with van der Waals surface area (Å²) in [6.45, 7) is 8.73. The fourth-order valence-corrected chi connectivity index (χ4v) is 6.04. The largest absolute Gasteiger partial charge is 0.364 e. The summed E-state index contributed by atoms with van der Waals surface area (Å²) in [5.74, 6) is 0.632. The number of aromatic amines is 1. The highest BCUT2D eigenvalue weighted by Crippen LogP contribution is 2.35. The van der Waals surface area contributed by atoms with Crippen molar-refractivity contribution in [3.63, 3.8) is 0 Å². The molecule has 0 bridgehead atoms. The molecule has 3 aliphatic rings. The summed E-state index contributed by atoms with van der Waals surface area (Å²) in [6, 6.07) is 4.70. The van der Waals surface area contributed by atoms with Crippen molar-refractivity contribution in [3.05, 3.63) is 117 Å². The van der Waals surface area contributed by atoms with Crippen LogP contribution in [0.2, 0.25) is 0 Å². The molecule has 0 spiro atoms. The lowest BCUT2D eigenvalue weighted by molar-refractivity contribution is 0.586. The highest BCUT2D eigenvalue weighted by atomic mass is 14.7. The minimum Gasteiger partial charge on any atom is -0.364 e. The molecule has 180 valence electrons. The zero-order chi connectivity index (χ0) is 24.2. The van der Waals surface area contributed by atoms with Gasteiger partial charge in [0.2, 0.25) is 0 Å². The van der Waals surface area contributed by atoms with Crippen LogP contribution in [0.25, 0.3) is 12.2 Å². The van der Waals surface area contributed by atoms with E-state index in [2.05, 4.69) is 86.2 Å². The number of fused-ring (bicyclic) bond motifs is 4. The van der Waals surface area contributed by atoms with Gasteiger partial charge in [0.25, 0.3) is 0 Å². The van der Waals surface area contributed by atoms with Crippen molar-refractivity contribution >= 4 is 12.2 Å². The Kier molecular flexibility index (Phi) is 7.23. The average molecular weight is 462 g/mol. The van der Waals surface area contributed by atoms with Gasteiger partial charge >= 0.3 is 0 Å². The number of H-pyrrole nitrogens is 1. The second kappa shape index (κ2) is 10.7. The maximum atomic E-state index is 4.23. The summed E-state index contributed by atoms with van der Waals surface area (Å²) in [7, 11) is 0. The SMILES string of the molecule is C=C(C)/C(C=C/C=C\CC(C)Cc1cc2c(c3c1C=CCC3)CCCC2)=C1/C=Cc2cc[nH]c2C1. The molecule has 0 fully saturated rings. The zero-order valence-electron chi connectivity index (χ0n) is 21.5. The van der Waals surface area contributed by atoms with Gasteiger partial charge in [-0.15, -0.1) is 0 Å². The maximum Gasteiger partial charge on any atom is 0.0265 e. The van der Waals surface area contributed by atoms with Crippen molar-refractivity contribution < 1.29 is 0 Å². The Hall–Kier alpha value is -3.06. The van der Waals surface area contributed by atoms with Crippen molar-refractivity contribution in [2.75, 3.05) is 0 Å².